The number of nitrogens with one attached hydrogen (secondary N) is 2. The molecule has 1 amide bonds. The van der Waals surface area contributed by atoms with Crippen LogP contribution in [0.2, 0.25) is 0 Å². The van der Waals surface area contributed by atoms with Crippen LogP contribution in [0.25, 0.3) is 0 Å². The summed E-state index contributed by atoms with van der Waals surface area (Å²) in [5.74, 6) is -0.194. The number of hydrogen-bond donors (Lipinski definition) is 2. The molecule has 0 spiro atoms. The van der Waals surface area contributed by atoms with Crippen molar-refractivity contribution in [3.63, 3.8) is 0 Å². The Labute approximate surface area is 200 Å². The van der Waals surface area contributed by atoms with Gasteiger partial charge in [-0.25, -0.2) is 12.8 Å². The minimum Gasteiger partial charge on any atom is -0.378 e. The standard InChI is InChI=1S/C19H30FN5O4S.HI/c1-15(2)29-12-13-30(27,28)25-10-8-24(9-11-25)19(21-3)22-14-18(26)23-17-6-4-16(20)5-7-17;/h4-7,15H,8-14H2,1-3H3,(H,21,22)(H,23,26);1H. The van der Waals surface area contributed by atoms with Crippen LogP contribution in [0.4, 0.5) is 10.1 Å². The van der Waals surface area contributed by atoms with Crippen LogP contribution in [-0.2, 0) is 19.6 Å². The third-order valence-corrected chi connectivity index (χ3v) is 6.31. The van der Waals surface area contributed by atoms with E-state index in [0.29, 0.717) is 37.8 Å². The van der Waals surface area contributed by atoms with Gasteiger partial charge < -0.3 is 20.3 Å². The molecule has 0 atom stereocenters. The van der Waals surface area contributed by atoms with Gasteiger partial charge in [0.25, 0.3) is 0 Å². The van der Waals surface area contributed by atoms with Crippen LogP contribution in [-0.4, -0.2) is 87.7 Å². The lowest BCUT2D eigenvalue weighted by Gasteiger charge is -2.35. The van der Waals surface area contributed by atoms with E-state index in [1.54, 1.807) is 7.05 Å². The second-order valence-corrected chi connectivity index (χ2v) is 9.17. The fraction of sp³-hybridized carbons (Fsp3) is 0.579. The van der Waals surface area contributed by atoms with Crippen molar-refractivity contribution in [3.8, 4) is 0 Å². The smallest absolute Gasteiger partial charge is 0.243 e. The molecule has 0 bridgehead atoms. The maximum atomic E-state index is 12.9. The average molecular weight is 571 g/mol. The van der Waals surface area contributed by atoms with Crippen LogP contribution >= 0.6 is 24.0 Å². The van der Waals surface area contributed by atoms with Crippen molar-refractivity contribution in [2.45, 2.75) is 20.0 Å². The Morgan fingerprint density at radius 3 is 2.35 bits per heavy atom. The van der Waals surface area contributed by atoms with Crippen molar-refractivity contribution in [2.75, 3.05) is 57.4 Å². The summed E-state index contributed by atoms with van der Waals surface area (Å²) < 4.78 is 44.6. The molecule has 0 saturated carbocycles. The normalized spacial score (nSPS) is 15.5. The topological polar surface area (TPSA) is 103 Å². The first-order valence-electron chi connectivity index (χ1n) is 9.81. The number of piperazine rings is 1. The molecule has 1 fully saturated rings. The van der Waals surface area contributed by atoms with Gasteiger partial charge in [-0.2, -0.15) is 4.31 Å². The number of ether oxygens (including phenoxy) is 1. The van der Waals surface area contributed by atoms with Gasteiger partial charge in [-0.05, 0) is 38.1 Å². The van der Waals surface area contributed by atoms with E-state index in [1.165, 1.54) is 28.6 Å². The number of anilines is 1. The zero-order chi connectivity index (χ0) is 22.1. The van der Waals surface area contributed by atoms with Crippen molar-refractivity contribution >= 4 is 51.6 Å². The molecule has 0 radical (unpaired) electrons. The summed E-state index contributed by atoms with van der Waals surface area (Å²) in [5.41, 5.74) is 0.499. The van der Waals surface area contributed by atoms with Crippen LogP contribution < -0.4 is 10.6 Å². The Hall–Kier alpha value is -1.51. The van der Waals surface area contributed by atoms with Gasteiger partial charge in [0.2, 0.25) is 15.9 Å². The SMILES string of the molecule is CN=C(NCC(=O)Nc1ccc(F)cc1)N1CCN(S(=O)(=O)CCOC(C)C)CC1.I. The molecule has 1 aromatic carbocycles. The van der Waals surface area contributed by atoms with Gasteiger partial charge in [-0.15, -0.1) is 24.0 Å². The second kappa shape index (κ2) is 13.1. The lowest BCUT2D eigenvalue weighted by Crippen LogP contribution is -2.54. The number of amides is 1. The van der Waals surface area contributed by atoms with Crippen molar-refractivity contribution in [1.29, 1.82) is 0 Å². The number of carbonyl (C=O) groups is 1. The highest BCUT2D eigenvalue weighted by atomic mass is 127. The molecule has 1 aromatic rings. The molecule has 1 aliphatic rings. The number of rotatable bonds is 8. The first kappa shape index (κ1) is 27.5. The summed E-state index contributed by atoms with van der Waals surface area (Å²) in [6, 6.07) is 5.50. The molecule has 0 aromatic heterocycles. The van der Waals surface area contributed by atoms with E-state index in [2.05, 4.69) is 15.6 Å². The third kappa shape index (κ3) is 9.25. The number of aliphatic imine (C=N–C) groups is 1. The fourth-order valence-electron chi connectivity index (χ4n) is 2.93. The molecule has 1 heterocycles. The summed E-state index contributed by atoms with van der Waals surface area (Å²) in [4.78, 5) is 18.2. The largest absolute Gasteiger partial charge is 0.378 e. The third-order valence-electron chi connectivity index (χ3n) is 4.47. The summed E-state index contributed by atoms with van der Waals surface area (Å²) in [5, 5.41) is 5.64. The molecule has 31 heavy (non-hydrogen) atoms. The van der Waals surface area contributed by atoms with E-state index in [0.717, 1.165) is 0 Å². The molecule has 1 saturated heterocycles. The second-order valence-electron chi connectivity index (χ2n) is 7.08. The number of sulfonamides is 1. The van der Waals surface area contributed by atoms with Crippen molar-refractivity contribution in [2.24, 2.45) is 4.99 Å². The van der Waals surface area contributed by atoms with Gasteiger partial charge in [-0.3, -0.25) is 9.79 Å². The Balaban J connectivity index is 0.00000480. The monoisotopic (exact) mass is 571 g/mol. The van der Waals surface area contributed by atoms with Gasteiger partial charge in [0.1, 0.15) is 5.82 Å². The van der Waals surface area contributed by atoms with Gasteiger partial charge in [0.15, 0.2) is 5.96 Å². The highest BCUT2D eigenvalue weighted by molar-refractivity contribution is 14.0. The van der Waals surface area contributed by atoms with Gasteiger partial charge >= 0.3 is 0 Å². The summed E-state index contributed by atoms with van der Waals surface area (Å²) in [6.07, 6.45) is -0.00768. The van der Waals surface area contributed by atoms with Crippen molar-refractivity contribution in [3.05, 3.63) is 30.1 Å². The quantitative estimate of drug-likeness (QED) is 0.278. The predicted molar refractivity (Wildman–Crippen MR) is 130 cm³/mol. The predicted octanol–water partition coefficient (Wildman–Crippen LogP) is 1.33. The van der Waals surface area contributed by atoms with E-state index in [4.69, 9.17) is 4.74 Å². The fourth-order valence-corrected chi connectivity index (χ4v) is 4.21. The van der Waals surface area contributed by atoms with Crippen LogP contribution in [0.3, 0.4) is 0 Å². The number of benzene rings is 1. The maximum Gasteiger partial charge on any atom is 0.243 e. The number of halogens is 2. The molecule has 176 valence electrons. The summed E-state index contributed by atoms with van der Waals surface area (Å²) >= 11 is 0. The summed E-state index contributed by atoms with van der Waals surface area (Å²) in [6.45, 7) is 5.49. The van der Waals surface area contributed by atoms with E-state index in [1.807, 2.05) is 18.7 Å². The molecule has 0 unspecified atom stereocenters. The summed E-state index contributed by atoms with van der Waals surface area (Å²) in [7, 11) is -1.76. The Bertz CT molecular complexity index is 828. The Morgan fingerprint density at radius 2 is 1.81 bits per heavy atom. The van der Waals surface area contributed by atoms with E-state index in [-0.39, 0.29) is 60.7 Å². The molecule has 1 aliphatic heterocycles. The zero-order valence-corrected chi connectivity index (χ0v) is 21.2. The maximum absolute atomic E-state index is 12.9. The van der Waals surface area contributed by atoms with E-state index in [9.17, 15) is 17.6 Å². The van der Waals surface area contributed by atoms with E-state index < -0.39 is 10.0 Å². The van der Waals surface area contributed by atoms with Crippen LogP contribution in [0.15, 0.2) is 29.3 Å². The van der Waals surface area contributed by atoms with Crippen LogP contribution in [0, 0.1) is 5.82 Å². The molecule has 0 aliphatic carbocycles. The lowest BCUT2D eigenvalue weighted by molar-refractivity contribution is -0.115. The lowest BCUT2D eigenvalue weighted by atomic mass is 10.3. The first-order chi connectivity index (χ1) is 14.2. The highest BCUT2D eigenvalue weighted by Crippen LogP contribution is 2.10. The van der Waals surface area contributed by atoms with Crippen LogP contribution in [0.1, 0.15) is 13.8 Å². The number of carbonyl (C=O) groups excluding carboxylic acids is 1. The molecule has 12 heteroatoms. The van der Waals surface area contributed by atoms with Gasteiger partial charge in [0, 0.05) is 38.9 Å². The number of guanidine groups is 1. The first-order valence-corrected chi connectivity index (χ1v) is 11.4. The molecular formula is C19H31FIN5O4S. The zero-order valence-electron chi connectivity index (χ0n) is 18.0. The molecule has 9 nitrogen and oxygen atoms in total. The molecular weight excluding hydrogens is 540 g/mol. The van der Waals surface area contributed by atoms with Crippen molar-refractivity contribution < 1.29 is 22.3 Å². The highest BCUT2D eigenvalue weighted by Gasteiger charge is 2.28. The Morgan fingerprint density at radius 1 is 1.19 bits per heavy atom. The van der Waals surface area contributed by atoms with Crippen LogP contribution in [0.5, 0.6) is 0 Å². The van der Waals surface area contributed by atoms with Gasteiger partial charge in [-0.1, -0.05) is 0 Å². The average Bonchev–Trinajstić information content (AvgIpc) is 2.70. The van der Waals surface area contributed by atoms with Crippen molar-refractivity contribution in [1.82, 2.24) is 14.5 Å². The number of nitrogens with zero attached hydrogens (tertiary/aromatic N) is 3. The van der Waals surface area contributed by atoms with Gasteiger partial charge in [0.05, 0.1) is 25.0 Å². The van der Waals surface area contributed by atoms with E-state index >= 15 is 0 Å². The number of hydrogen-bond acceptors (Lipinski definition) is 5. The Kier molecular flexibility index (Phi) is 11.7. The minimum atomic E-state index is -3.37. The molecule has 2 rings (SSSR count). The minimum absolute atomic E-state index is 0. The molecule has 2 N–H and O–H groups in total.